The van der Waals surface area contributed by atoms with Crippen LogP contribution in [0.5, 0.6) is 0 Å². The molecule has 1 rings (SSSR count). The predicted molar refractivity (Wildman–Crippen MR) is 66.2 cm³/mol. The van der Waals surface area contributed by atoms with Gasteiger partial charge >= 0.3 is 0 Å². The predicted octanol–water partition coefficient (Wildman–Crippen LogP) is 1.39. The van der Waals surface area contributed by atoms with Crippen molar-refractivity contribution in [1.29, 1.82) is 0 Å². The van der Waals surface area contributed by atoms with Gasteiger partial charge in [-0.05, 0) is 26.0 Å². The van der Waals surface area contributed by atoms with Crippen molar-refractivity contribution in [3.05, 3.63) is 0 Å². The Hall–Kier alpha value is -0.220. The molecular weight excluding hydrogens is 208 g/mol. The van der Waals surface area contributed by atoms with Gasteiger partial charge in [0.25, 0.3) is 0 Å². The molecule has 1 atom stereocenters. The van der Waals surface area contributed by atoms with E-state index in [-0.39, 0.29) is 11.9 Å². The molecule has 0 aromatic rings. The minimum atomic E-state index is 0.128. The SMILES string of the molecule is CSCC(C)NC(=O)CNC1CCCC1. The fourth-order valence-electron chi connectivity index (χ4n) is 1.98. The molecule has 1 saturated carbocycles. The summed E-state index contributed by atoms with van der Waals surface area (Å²) in [6.07, 6.45) is 7.13. The maximum Gasteiger partial charge on any atom is 0.234 e. The van der Waals surface area contributed by atoms with E-state index >= 15 is 0 Å². The summed E-state index contributed by atoms with van der Waals surface area (Å²) < 4.78 is 0. The van der Waals surface area contributed by atoms with Crippen LogP contribution in [-0.2, 0) is 4.79 Å². The Morgan fingerprint density at radius 1 is 1.47 bits per heavy atom. The molecule has 0 heterocycles. The maximum absolute atomic E-state index is 11.5. The Balaban J connectivity index is 2.07. The molecule has 2 N–H and O–H groups in total. The van der Waals surface area contributed by atoms with Crippen LogP contribution in [0.15, 0.2) is 0 Å². The van der Waals surface area contributed by atoms with Gasteiger partial charge in [0.2, 0.25) is 5.91 Å². The van der Waals surface area contributed by atoms with Crippen LogP contribution in [0.3, 0.4) is 0 Å². The van der Waals surface area contributed by atoms with E-state index < -0.39 is 0 Å². The molecule has 1 unspecified atom stereocenters. The molecular formula is C11H22N2OS. The summed E-state index contributed by atoms with van der Waals surface area (Å²) in [6.45, 7) is 2.52. The number of hydrogen-bond acceptors (Lipinski definition) is 3. The summed E-state index contributed by atoms with van der Waals surface area (Å²) in [5.41, 5.74) is 0. The van der Waals surface area contributed by atoms with E-state index in [2.05, 4.69) is 16.9 Å². The third kappa shape index (κ3) is 5.42. The Bertz CT molecular complexity index is 193. The number of carbonyl (C=O) groups is 1. The second-order valence-corrected chi connectivity index (χ2v) is 5.20. The fourth-order valence-corrected chi connectivity index (χ4v) is 2.57. The molecule has 1 fully saturated rings. The van der Waals surface area contributed by atoms with E-state index in [0.29, 0.717) is 12.6 Å². The van der Waals surface area contributed by atoms with E-state index in [0.717, 1.165) is 5.75 Å². The fraction of sp³-hybridized carbons (Fsp3) is 0.909. The topological polar surface area (TPSA) is 41.1 Å². The van der Waals surface area contributed by atoms with E-state index in [1.165, 1.54) is 25.7 Å². The van der Waals surface area contributed by atoms with Gasteiger partial charge in [-0.25, -0.2) is 0 Å². The lowest BCUT2D eigenvalue weighted by atomic mass is 10.2. The Morgan fingerprint density at radius 2 is 2.13 bits per heavy atom. The normalized spacial score (nSPS) is 19.1. The van der Waals surface area contributed by atoms with Crippen LogP contribution in [-0.4, -0.2) is 36.5 Å². The van der Waals surface area contributed by atoms with Crippen molar-refractivity contribution in [2.24, 2.45) is 0 Å². The van der Waals surface area contributed by atoms with Crippen molar-refractivity contribution >= 4 is 17.7 Å². The van der Waals surface area contributed by atoms with Crippen LogP contribution >= 0.6 is 11.8 Å². The molecule has 15 heavy (non-hydrogen) atoms. The van der Waals surface area contributed by atoms with Crippen molar-refractivity contribution < 1.29 is 4.79 Å². The van der Waals surface area contributed by atoms with Crippen LogP contribution in [0.25, 0.3) is 0 Å². The summed E-state index contributed by atoms with van der Waals surface area (Å²) >= 11 is 1.76. The Morgan fingerprint density at radius 3 is 2.73 bits per heavy atom. The molecule has 0 aromatic heterocycles. The molecule has 0 radical (unpaired) electrons. The maximum atomic E-state index is 11.5. The number of amides is 1. The number of rotatable bonds is 6. The summed E-state index contributed by atoms with van der Waals surface area (Å²) in [5, 5.41) is 6.29. The number of thioether (sulfide) groups is 1. The highest BCUT2D eigenvalue weighted by molar-refractivity contribution is 7.98. The van der Waals surface area contributed by atoms with E-state index in [1.807, 2.05) is 6.92 Å². The third-order valence-electron chi connectivity index (χ3n) is 2.73. The lowest BCUT2D eigenvalue weighted by Crippen LogP contribution is -2.42. The molecule has 1 amide bonds. The van der Waals surface area contributed by atoms with Gasteiger partial charge in [-0.15, -0.1) is 0 Å². The average molecular weight is 230 g/mol. The summed E-state index contributed by atoms with van der Waals surface area (Å²) in [6, 6.07) is 0.851. The minimum absolute atomic E-state index is 0.128. The van der Waals surface area contributed by atoms with Crippen molar-refractivity contribution in [1.82, 2.24) is 10.6 Å². The molecule has 3 nitrogen and oxygen atoms in total. The number of nitrogens with one attached hydrogen (secondary N) is 2. The van der Waals surface area contributed by atoms with Gasteiger partial charge in [-0.3, -0.25) is 4.79 Å². The van der Waals surface area contributed by atoms with Crippen LogP contribution in [0, 0.1) is 0 Å². The van der Waals surface area contributed by atoms with Crippen LogP contribution in [0.1, 0.15) is 32.6 Å². The molecule has 1 aliphatic carbocycles. The second kappa shape index (κ2) is 7.12. The Labute approximate surface area is 96.8 Å². The van der Waals surface area contributed by atoms with Gasteiger partial charge in [-0.2, -0.15) is 11.8 Å². The van der Waals surface area contributed by atoms with E-state index in [1.54, 1.807) is 11.8 Å². The van der Waals surface area contributed by atoms with Gasteiger partial charge < -0.3 is 10.6 Å². The van der Waals surface area contributed by atoms with Gasteiger partial charge in [0, 0.05) is 17.8 Å². The standard InChI is InChI=1S/C11H22N2OS/c1-9(8-15-2)13-11(14)7-12-10-5-3-4-6-10/h9-10,12H,3-8H2,1-2H3,(H,13,14). The van der Waals surface area contributed by atoms with Crippen molar-refractivity contribution in [2.45, 2.75) is 44.7 Å². The molecule has 0 aliphatic heterocycles. The second-order valence-electron chi connectivity index (χ2n) is 4.29. The molecule has 0 spiro atoms. The first-order chi connectivity index (χ1) is 7.22. The third-order valence-corrected chi connectivity index (χ3v) is 3.56. The lowest BCUT2D eigenvalue weighted by molar-refractivity contribution is -0.120. The average Bonchev–Trinajstić information content (AvgIpc) is 2.67. The largest absolute Gasteiger partial charge is 0.352 e. The highest BCUT2D eigenvalue weighted by atomic mass is 32.2. The molecule has 4 heteroatoms. The molecule has 0 bridgehead atoms. The molecule has 0 aromatic carbocycles. The first-order valence-electron chi connectivity index (χ1n) is 5.74. The highest BCUT2D eigenvalue weighted by Gasteiger charge is 2.15. The Kier molecular flexibility index (Phi) is 6.10. The monoisotopic (exact) mass is 230 g/mol. The summed E-state index contributed by atoms with van der Waals surface area (Å²) in [5.74, 6) is 1.11. The van der Waals surface area contributed by atoms with Gasteiger partial charge in [0.15, 0.2) is 0 Å². The first-order valence-corrected chi connectivity index (χ1v) is 7.13. The van der Waals surface area contributed by atoms with Crippen molar-refractivity contribution in [3.8, 4) is 0 Å². The quantitative estimate of drug-likeness (QED) is 0.724. The smallest absolute Gasteiger partial charge is 0.234 e. The number of hydrogen-bond donors (Lipinski definition) is 2. The summed E-state index contributed by atoms with van der Waals surface area (Å²) in [4.78, 5) is 11.5. The number of carbonyl (C=O) groups excluding carboxylic acids is 1. The van der Waals surface area contributed by atoms with E-state index in [9.17, 15) is 4.79 Å². The van der Waals surface area contributed by atoms with Crippen molar-refractivity contribution in [2.75, 3.05) is 18.6 Å². The zero-order chi connectivity index (χ0) is 11.1. The zero-order valence-corrected chi connectivity index (χ0v) is 10.5. The highest BCUT2D eigenvalue weighted by Crippen LogP contribution is 2.17. The molecule has 0 saturated heterocycles. The van der Waals surface area contributed by atoms with Crippen LogP contribution in [0.2, 0.25) is 0 Å². The van der Waals surface area contributed by atoms with Crippen LogP contribution < -0.4 is 10.6 Å². The molecule has 88 valence electrons. The van der Waals surface area contributed by atoms with Gasteiger partial charge in [0.05, 0.1) is 6.54 Å². The lowest BCUT2D eigenvalue weighted by Gasteiger charge is -2.15. The van der Waals surface area contributed by atoms with Crippen LogP contribution in [0.4, 0.5) is 0 Å². The van der Waals surface area contributed by atoms with Gasteiger partial charge in [-0.1, -0.05) is 12.8 Å². The first kappa shape index (κ1) is 12.8. The molecule has 1 aliphatic rings. The summed E-state index contributed by atoms with van der Waals surface area (Å²) in [7, 11) is 0. The minimum Gasteiger partial charge on any atom is -0.352 e. The van der Waals surface area contributed by atoms with Crippen molar-refractivity contribution in [3.63, 3.8) is 0 Å². The van der Waals surface area contributed by atoms with E-state index in [4.69, 9.17) is 0 Å². The van der Waals surface area contributed by atoms with Gasteiger partial charge in [0.1, 0.15) is 0 Å². The zero-order valence-electron chi connectivity index (χ0n) is 9.71.